The summed E-state index contributed by atoms with van der Waals surface area (Å²) in [5.41, 5.74) is 0.791. The van der Waals surface area contributed by atoms with Gasteiger partial charge in [-0.3, -0.25) is 4.57 Å². The van der Waals surface area contributed by atoms with Crippen molar-refractivity contribution in [2.45, 2.75) is 12.8 Å². The van der Waals surface area contributed by atoms with Crippen LogP contribution in [-0.4, -0.2) is 62.5 Å². The average molecular weight is 438 g/mol. The minimum atomic E-state index is -0.140. The molecule has 2 heterocycles. The number of carbonyl (C=O) groups excluding carboxylic acids is 1. The van der Waals surface area contributed by atoms with E-state index in [0.717, 1.165) is 55.7 Å². The van der Waals surface area contributed by atoms with E-state index < -0.39 is 0 Å². The number of ether oxygens (including phenoxy) is 3. The number of benzene rings is 2. The Balaban J connectivity index is 1.22. The van der Waals surface area contributed by atoms with Gasteiger partial charge in [-0.2, -0.15) is 0 Å². The molecule has 32 heavy (non-hydrogen) atoms. The van der Waals surface area contributed by atoms with Crippen LogP contribution in [0.3, 0.4) is 0 Å². The summed E-state index contributed by atoms with van der Waals surface area (Å²) in [6.07, 6.45) is 4.01. The van der Waals surface area contributed by atoms with Crippen LogP contribution in [0.15, 0.2) is 54.7 Å². The van der Waals surface area contributed by atoms with Gasteiger partial charge in [0, 0.05) is 30.7 Å². The molecule has 0 spiro atoms. The summed E-state index contributed by atoms with van der Waals surface area (Å²) >= 11 is 0. The smallest absolute Gasteiger partial charge is 0.326 e. The van der Waals surface area contributed by atoms with Crippen molar-refractivity contribution >= 4 is 16.9 Å². The number of nitrogens with zero attached hydrogens (tertiary/aromatic N) is 2. The molecule has 0 unspecified atom stereocenters. The molecule has 1 fully saturated rings. The number of amides is 1. The quantitative estimate of drug-likeness (QED) is 0.577. The second kappa shape index (κ2) is 10.4. The Morgan fingerprint density at radius 1 is 1.03 bits per heavy atom. The summed E-state index contributed by atoms with van der Waals surface area (Å²) < 4.78 is 18.2. The van der Waals surface area contributed by atoms with Crippen LogP contribution >= 0.6 is 0 Å². The third kappa shape index (κ3) is 5.16. The first kappa shape index (κ1) is 22.0. The molecule has 0 radical (unpaired) electrons. The van der Waals surface area contributed by atoms with Crippen molar-refractivity contribution in [1.82, 2.24) is 14.8 Å². The lowest BCUT2D eigenvalue weighted by atomic mass is 9.98. The number of para-hydroxylation sites is 1. The number of aromatic nitrogens is 1. The molecule has 7 heteroatoms. The first-order valence-electron chi connectivity index (χ1n) is 11.1. The van der Waals surface area contributed by atoms with Crippen molar-refractivity contribution in [3.63, 3.8) is 0 Å². The van der Waals surface area contributed by atoms with Crippen LogP contribution < -0.4 is 19.5 Å². The number of nitrogens with one attached hydrogen (secondary N) is 1. The first-order chi connectivity index (χ1) is 15.7. The summed E-state index contributed by atoms with van der Waals surface area (Å²) in [7, 11) is 3.19. The van der Waals surface area contributed by atoms with Crippen molar-refractivity contribution in [3.05, 3.63) is 54.7 Å². The number of piperidine rings is 1. The maximum atomic E-state index is 12.7. The van der Waals surface area contributed by atoms with Gasteiger partial charge in [-0.05, 0) is 56.1 Å². The van der Waals surface area contributed by atoms with Gasteiger partial charge < -0.3 is 24.4 Å². The zero-order valence-corrected chi connectivity index (χ0v) is 18.8. The number of hydrogen-bond donors (Lipinski definition) is 1. The average Bonchev–Trinajstić information content (AvgIpc) is 3.26. The lowest BCUT2D eigenvalue weighted by Gasteiger charge is -2.31. The van der Waals surface area contributed by atoms with Crippen molar-refractivity contribution in [2.75, 3.05) is 47.0 Å². The summed E-state index contributed by atoms with van der Waals surface area (Å²) in [5.74, 6) is 2.77. The molecule has 1 aliphatic heterocycles. The van der Waals surface area contributed by atoms with Gasteiger partial charge in [0.15, 0.2) is 11.5 Å². The zero-order valence-electron chi connectivity index (χ0n) is 18.8. The van der Waals surface area contributed by atoms with Crippen LogP contribution in [0, 0.1) is 5.92 Å². The van der Waals surface area contributed by atoms with Gasteiger partial charge in [-0.1, -0.05) is 18.2 Å². The van der Waals surface area contributed by atoms with Crippen molar-refractivity contribution in [2.24, 2.45) is 5.92 Å². The first-order valence-corrected chi connectivity index (χ1v) is 11.1. The standard InChI is InChI=1S/C25H31N3O4/c1-30-23-16-20-10-14-28(22(20)17-24(23)31-2)25(29)26-11-15-27-12-8-19(9-13-27)18-32-21-6-4-3-5-7-21/h3-7,10,14,16-17,19H,8-9,11-13,15,18H2,1-2H3,(H,26,29). The summed E-state index contributed by atoms with van der Waals surface area (Å²) in [4.78, 5) is 15.1. The molecular formula is C25H31N3O4. The number of rotatable bonds is 8. The lowest BCUT2D eigenvalue weighted by molar-refractivity contribution is 0.142. The molecule has 2 aromatic carbocycles. The highest BCUT2D eigenvalue weighted by atomic mass is 16.5. The topological polar surface area (TPSA) is 65.0 Å². The SMILES string of the molecule is COc1cc2ccn(C(=O)NCCN3CCC(COc4ccccc4)CC3)c2cc1OC. The van der Waals surface area contributed by atoms with E-state index in [1.165, 1.54) is 0 Å². The molecule has 0 aliphatic carbocycles. The van der Waals surface area contributed by atoms with Crippen LogP contribution in [0.4, 0.5) is 4.79 Å². The fourth-order valence-electron chi connectivity index (χ4n) is 4.15. The van der Waals surface area contributed by atoms with E-state index in [0.29, 0.717) is 24.0 Å². The Kier molecular flexibility index (Phi) is 7.17. The molecule has 4 rings (SSSR count). The Morgan fingerprint density at radius 3 is 2.47 bits per heavy atom. The normalized spacial score (nSPS) is 14.9. The Hall–Kier alpha value is -3.19. The number of fused-ring (bicyclic) bond motifs is 1. The van der Waals surface area contributed by atoms with Gasteiger partial charge in [-0.15, -0.1) is 0 Å². The predicted octanol–water partition coefficient (Wildman–Crippen LogP) is 4.01. The molecule has 3 aromatic rings. The van der Waals surface area contributed by atoms with Crippen molar-refractivity contribution in [3.8, 4) is 17.2 Å². The maximum absolute atomic E-state index is 12.7. The van der Waals surface area contributed by atoms with Gasteiger partial charge in [0.1, 0.15) is 5.75 Å². The molecule has 1 aliphatic rings. The zero-order chi connectivity index (χ0) is 22.3. The van der Waals surface area contributed by atoms with Crippen LogP contribution in [0.25, 0.3) is 10.9 Å². The molecule has 0 saturated carbocycles. The van der Waals surface area contributed by atoms with Gasteiger partial charge in [0.2, 0.25) is 0 Å². The fourth-order valence-corrected chi connectivity index (χ4v) is 4.15. The minimum Gasteiger partial charge on any atom is -0.493 e. The van der Waals surface area contributed by atoms with Crippen LogP contribution in [-0.2, 0) is 0 Å². The van der Waals surface area contributed by atoms with Gasteiger partial charge in [0.05, 0.1) is 26.3 Å². The minimum absolute atomic E-state index is 0.140. The van der Waals surface area contributed by atoms with Gasteiger partial charge in [-0.25, -0.2) is 4.79 Å². The van der Waals surface area contributed by atoms with Crippen molar-refractivity contribution in [1.29, 1.82) is 0 Å². The molecule has 7 nitrogen and oxygen atoms in total. The Labute approximate surface area is 188 Å². The number of hydrogen-bond acceptors (Lipinski definition) is 5. The van der Waals surface area contributed by atoms with Crippen LogP contribution in [0.1, 0.15) is 12.8 Å². The molecule has 1 amide bonds. The van der Waals surface area contributed by atoms with E-state index in [-0.39, 0.29) is 6.03 Å². The highest BCUT2D eigenvalue weighted by molar-refractivity contribution is 5.93. The molecule has 0 bridgehead atoms. The van der Waals surface area contributed by atoms with E-state index in [1.807, 2.05) is 48.5 Å². The summed E-state index contributed by atoms with van der Waals surface area (Å²) in [6.45, 7) is 4.28. The lowest BCUT2D eigenvalue weighted by Crippen LogP contribution is -2.41. The highest BCUT2D eigenvalue weighted by Gasteiger charge is 2.20. The molecule has 170 valence electrons. The van der Waals surface area contributed by atoms with E-state index in [4.69, 9.17) is 14.2 Å². The molecular weight excluding hydrogens is 406 g/mol. The second-order valence-electron chi connectivity index (χ2n) is 8.09. The number of methoxy groups -OCH3 is 2. The molecule has 1 aromatic heterocycles. The van der Waals surface area contributed by atoms with E-state index in [1.54, 1.807) is 25.0 Å². The number of likely N-dealkylation sites (tertiary alicyclic amines) is 1. The summed E-state index contributed by atoms with van der Waals surface area (Å²) in [6, 6.07) is 15.5. The maximum Gasteiger partial charge on any atom is 0.326 e. The monoisotopic (exact) mass is 437 g/mol. The van der Waals surface area contributed by atoms with Crippen LogP contribution in [0.2, 0.25) is 0 Å². The highest BCUT2D eigenvalue weighted by Crippen LogP contribution is 2.32. The molecule has 1 saturated heterocycles. The van der Waals surface area contributed by atoms with Crippen molar-refractivity contribution < 1.29 is 19.0 Å². The van der Waals surface area contributed by atoms with Crippen LogP contribution in [0.5, 0.6) is 17.2 Å². The second-order valence-corrected chi connectivity index (χ2v) is 8.09. The van der Waals surface area contributed by atoms with E-state index in [2.05, 4.69) is 10.2 Å². The molecule has 1 N–H and O–H groups in total. The Bertz CT molecular complexity index is 1030. The van der Waals surface area contributed by atoms with E-state index in [9.17, 15) is 4.79 Å². The van der Waals surface area contributed by atoms with Gasteiger partial charge >= 0.3 is 6.03 Å². The predicted molar refractivity (Wildman–Crippen MR) is 125 cm³/mol. The fraction of sp³-hybridized carbons (Fsp3) is 0.400. The summed E-state index contributed by atoms with van der Waals surface area (Å²) in [5, 5.41) is 3.96. The largest absolute Gasteiger partial charge is 0.493 e. The third-order valence-electron chi connectivity index (χ3n) is 6.05. The Morgan fingerprint density at radius 2 is 1.75 bits per heavy atom. The number of carbonyl (C=O) groups is 1. The third-order valence-corrected chi connectivity index (χ3v) is 6.05. The van der Waals surface area contributed by atoms with Gasteiger partial charge in [0.25, 0.3) is 0 Å². The molecule has 0 atom stereocenters. The van der Waals surface area contributed by atoms with E-state index >= 15 is 0 Å².